The third-order valence-electron chi connectivity index (χ3n) is 3.39. The van der Waals surface area contributed by atoms with Gasteiger partial charge < -0.3 is 10.3 Å². The van der Waals surface area contributed by atoms with E-state index in [4.69, 9.17) is 0 Å². The molecule has 1 amide bonds. The molecule has 1 aromatic heterocycles. The fourth-order valence-electron chi connectivity index (χ4n) is 2.29. The van der Waals surface area contributed by atoms with Gasteiger partial charge in [-0.15, -0.1) is 0 Å². The summed E-state index contributed by atoms with van der Waals surface area (Å²) >= 11 is 0. The van der Waals surface area contributed by atoms with Crippen LogP contribution in [0.2, 0.25) is 0 Å². The van der Waals surface area contributed by atoms with Crippen molar-refractivity contribution in [2.75, 3.05) is 5.32 Å². The van der Waals surface area contributed by atoms with Crippen molar-refractivity contribution in [3.63, 3.8) is 0 Å². The first-order valence-corrected chi connectivity index (χ1v) is 6.64. The summed E-state index contributed by atoms with van der Waals surface area (Å²) in [6, 6.07) is 5.72. The van der Waals surface area contributed by atoms with Crippen molar-refractivity contribution in [2.45, 2.75) is 6.42 Å². The van der Waals surface area contributed by atoms with Gasteiger partial charge in [0.1, 0.15) is 5.82 Å². The molecule has 118 valence electrons. The highest BCUT2D eigenvalue weighted by Gasteiger charge is 2.16. The van der Waals surface area contributed by atoms with Crippen molar-refractivity contribution in [1.82, 2.24) is 4.98 Å². The van der Waals surface area contributed by atoms with E-state index in [1.807, 2.05) is 0 Å². The molecule has 3 aromatic rings. The van der Waals surface area contributed by atoms with Crippen LogP contribution in [-0.4, -0.2) is 10.9 Å². The van der Waals surface area contributed by atoms with E-state index < -0.39 is 34.9 Å². The van der Waals surface area contributed by atoms with Gasteiger partial charge in [-0.3, -0.25) is 4.79 Å². The summed E-state index contributed by atoms with van der Waals surface area (Å²) in [7, 11) is 0. The Labute approximate surface area is 127 Å². The molecule has 0 fully saturated rings. The number of fused-ring (bicyclic) bond motifs is 1. The van der Waals surface area contributed by atoms with Gasteiger partial charge in [-0.2, -0.15) is 0 Å². The average molecular weight is 322 g/mol. The normalized spacial score (nSPS) is 11.0. The van der Waals surface area contributed by atoms with E-state index in [-0.39, 0.29) is 6.42 Å². The van der Waals surface area contributed by atoms with Gasteiger partial charge in [0.2, 0.25) is 5.91 Å². The van der Waals surface area contributed by atoms with Crippen LogP contribution in [0.3, 0.4) is 0 Å². The number of benzene rings is 2. The topological polar surface area (TPSA) is 44.9 Å². The molecule has 23 heavy (non-hydrogen) atoms. The molecule has 0 aliphatic heterocycles. The highest BCUT2D eigenvalue weighted by Crippen LogP contribution is 2.22. The molecular formula is C16H10F4N2O. The lowest BCUT2D eigenvalue weighted by atomic mass is 10.1. The summed E-state index contributed by atoms with van der Waals surface area (Å²) in [5, 5.41) is 2.69. The van der Waals surface area contributed by atoms with Crippen molar-refractivity contribution in [1.29, 1.82) is 0 Å². The molecule has 7 heteroatoms. The number of halogens is 4. The van der Waals surface area contributed by atoms with Crippen LogP contribution in [0.4, 0.5) is 23.2 Å². The molecule has 0 saturated heterocycles. The van der Waals surface area contributed by atoms with Crippen molar-refractivity contribution >= 4 is 22.5 Å². The molecule has 3 nitrogen and oxygen atoms in total. The monoisotopic (exact) mass is 322 g/mol. The Bertz CT molecular complexity index is 904. The number of anilines is 1. The number of aromatic nitrogens is 1. The van der Waals surface area contributed by atoms with Gasteiger partial charge in [-0.05, 0) is 35.9 Å². The molecule has 0 spiro atoms. The lowest BCUT2D eigenvalue weighted by Gasteiger charge is -2.07. The lowest BCUT2D eigenvalue weighted by Crippen LogP contribution is -2.16. The number of hydrogen-bond acceptors (Lipinski definition) is 1. The molecule has 2 aromatic carbocycles. The fourth-order valence-corrected chi connectivity index (χ4v) is 2.29. The largest absolute Gasteiger partial charge is 0.361 e. The SMILES string of the molecule is O=C(Cc1c[nH]c2ccc(F)cc12)Nc1ccc(F)c(F)c1F. The summed E-state index contributed by atoms with van der Waals surface area (Å²) in [5.74, 6) is -5.56. The minimum absolute atomic E-state index is 0.179. The zero-order valence-electron chi connectivity index (χ0n) is 11.6. The number of carbonyl (C=O) groups is 1. The third kappa shape index (κ3) is 2.90. The van der Waals surface area contributed by atoms with Gasteiger partial charge in [0.05, 0.1) is 12.1 Å². The lowest BCUT2D eigenvalue weighted by molar-refractivity contribution is -0.115. The van der Waals surface area contributed by atoms with Gasteiger partial charge in [0.25, 0.3) is 0 Å². The van der Waals surface area contributed by atoms with Gasteiger partial charge in [0, 0.05) is 17.1 Å². The Morgan fingerprint density at radius 1 is 1.04 bits per heavy atom. The molecule has 1 heterocycles. The standard InChI is InChI=1S/C16H10F4N2O/c17-9-1-3-12-10(6-9)8(7-21-12)5-14(23)22-13-4-2-11(18)15(19)16(13)20/h1-4,6-7,21H,5H2,(H,22,23). The molecule has 0 saturated carbocycles. The van der Waals surface area contributed by atoms with Gasteiger partial charge in [-0.1, -0.05) is 0 Å². The number of rotatable bonds is 3. The first-order valence-electron chi connectivity index (χ1n) is 6.64. The molecule has 0 bridgehead atoms. The van der Waals surface area contributed by atoms with E-state index in [9.17, 15) is 22.4 Å². The van der Waals surface area contributed by atoms with Crippen LogP contribution in [0.25, 0.3) is 10.9 Å². The quantitative estimate of drug-likeness (QED) is 0.557. The molecule has 3 rings (SSSR count). The average Bonchev–Trinajstić information content (AvgIpc) is 2.90. The Morgan fingerprint density at radius 2 is 1.83 bits per heavy atom. The minimum Gasteiger partial charge on any atom is -0.361 e. The van der Waals surface area contributed by atoms with Crippen LogP contribution in [0.15, 0.2) is 36.5 Å². The van der Waals surface area contributed by atoms with Crippen LogP contribution < -0.4 is 5.32 Å². The second kappa shape index (κ2) is 5.75. The second-order valence-corrected chi connectivity index (χ2v) is 4.95. The van der Waals surface area contributed by atoms with Gasteiger partial charge in [-0.25, -0.2) is 17.6 Å². The van der Waals surface area contributed by atoms with Crippen LogP contribution in [0.5, 0.6) is 0 Å². The van der Waals surface area contributed by atoms with E-state index in [0.717, 1.165) is 12.1 Å². The van der Waals surface area contributed by atoms with E-state index in [1.54, 1.807) is 0 Å². The predicted octanol–water partition coefficient (Wildman–Crippen LogP) is 3.91. The Kier molecular flexibility index (Phi) is 3.77. The molecule has 0 radical (unpaired) electrons. The number of carbonyl (C=O) groups excluding carboxylic acids is 1. The van der Waals surface area contributed by atoms with Crippen molar-refractivity contribution in [3.05, 3.63) is 65.4 Å². The van der Waals surface area contributed by atoms with E-state index >= 15 is 0 Å². The molecule has 0 aliphatic rings. The van der Waals surface area contributed by atoms with Crippen LogP contribution in [-0.2, 0) is 11.2 Å². The van der Waals surface area contributed by atoms with Gasteiger partial charge in [0.15, 0.2) is 17.5 Å². The molecule has 2 N–H and O–H groups in total. The Morgan fingerprint density at radius 3 is 2.61 bits per heavy atom. The van der Waals surface area contributed by atoms with Crippen LogP contribution >= 0.6 is 0 Å². The molecule has 0 unspecified atom stereocenters. The number of H-pyrrole nitrogens is 1. The van der Waals surface area contributed by atoms with E-state index in [1.165, 1.54) is 24.4 Å². The Hall–Kier alpha value is -2.83. The third-order valence-corrected chi connectivity index (χ3v) is 3.39. The highest BCUT2D eigenvalue weighted by atomic mass is 19.2. The molecular weight excluding hydrogens is 312 g/mol. The summed E-state index contributed by atoms with van der Waals surface area (Å²) in [5.41, 5.74) is 0.688. The predicted molar refractivity (Wildman–Crippen MR) is 76.9 cm³/mol. The molecule has 0 atom stereocenters. The maximum Gasteiger partial charge on any atom is 0.228 e. The number of hydrogen-bond donors (Lipinski definition) is 2. The maximum absolute atomic E-state index is 13.5. The van der Waals surface area contributed by atoms with E-state index in [0.29, 0.717) is 16.5 Å². The van der Waals surface area contributed by atoms with Gasteiger partial charge >= 0.3 is 0 Å². The minimum atomic E-state index is -1.66. The first kappa shape index (κ1) is 15.1. The zero-order chi connectivity index (χ0) is 16.6. The Balaban J connectivity index is 1.82. The number of amides is 1. The van der Waals surface area contributed by atoms with E-state index in [2.05, 4.69) is 10.3 Å². The molecule has 0 aliphatic carbocycles. The summed E-state index contributed by atoms with van der Waals surface area (Å²) < 4.78 is 52.8. The second-order valence-electron chi connectivity index (χ2n) is 4.95. The highest BCUT2D eigenvalue weighted by molar-refractivity contribution is 5.95. The number of nitrogens with one attached hydrogen (secondary N) is 2. The van der Waals surface area contributed by atoms with Crippen molar-refractivity contribution in [2.24, 2.45) is 0 Å². The van der Waals surface area contributed by atoms with Crippen LogP contribution in [0, 0.1) is 23.3 Å². The first-order chi connectivity index (χ1) is 11.0. The van der Waals surface area contributed by atoms with Crippen LogP contribution in [0.1, 0.15) is 5.56 Å². The smallest absolute Gasteiger partial charge is 0.228 e. The fraction of sp³-hybridized carbons (Fsp3) is 0.0625. The maximum atomic E-state index is 13.5. The summed E-state index contributed by atoms with van der Waals surface area (Å²) in [6.45, 7) is 0. The van der Waals surface area contributed by atoms with Crippen molar-refractivity contribution in [3.8, 4) is 0 Å². The van der Waals surface area contributed by atoms with Crippen molar-refractivity contribution < 1.29 is 22.4 Å². The zero-order valence-corrected chi connectivity index (χ0v) is 11.6. The summed E-state index contributed by atoms with van der Waals surface area (Å²) in [6.07, 6.45) is 1.35. The number of aromatic amines is 1. The summed E-state index contributed by atoms with van der Waals surface area (Å²) in [4.78, 5) is 14.8.